The Balaban J connectivity index is -0.00000288. The minimum atomic E-state index is 0. The molecule has 27 heavy (non-hydrogen) atoms. The second kappa shape index (κ2) is 32.1. The van der Waals surface area contributed by atoms with Gasteiger partial charge in [0.25, 0.3) is 0 Å². The zero-order valence-electron chi connectivity index (χ0n) is 18.9. The molecule has 0 aromatic carbocycles. The molecule has 3 heteroatoms. The van der Waals surface area contributed by atoms with Crippen molar-refractivity contribution in [2.75, 3.05) is 0 Å². The van der Waals surface area contributed by atoms with E-state index in [-0.39, 0.29) is 46.0 Å². The van der Waals surface area contributed by atoms with Crippen molar-refractivity contribution in [3.63, 3.8) is 0 Å². The molecule has 0 N–H and O–H groups in total. The van der Waals surface area contributed by atoms with Gasteiger partial charge in [0.1, 0.15) is 0 Å². The van der Waals surface area contributed by atoms with Gasteiger partial charge in [0.15, 0.2) is 0 Å². The molecule has 0 aliphatic rings. The summed E-state index contributed by atoms with van der Waals surface area (Å²) >= 11 is 0.0377. The van der Waals surface area contributed by atoms with Crippen LogP contribution in [0.1, 0.15) is 142 Å². The standard InChI is InChI=1S/2C12H25.2ClH.Sn/c2*1-3-5-7-9-11-12-10-8-6-4-2;;;/h2*1,3-12H2,2H3;2*1H;. The predicted octanol–water partition coefficient (Wildman–Crippen LogP) is 10.2. The summed E-state index contributed by atoms with van der Waals surface area (Å²) in [6, 6.07) is 0. The van der Waals surface area contributed by atoms with E-state index in [1.54, 1.807) is 21.7 Å². The normalized spacial score (nSPS) is 10.4. The Bertz CT molecular complexity index is 202. The van der Waals surface area contributed by atoms with Gasteiger partial charge in [-0.1, -0.05) is 0 Å². The summed E-state index contributed by atoms with van der Waals surface area (Å²) in [7, 11) is 0. The molecule has 0 aromatic heterocycles. The van der Waals surface area contributed by atoms with Crippen molar-refractivity contribution >= 4 is 46.0 Å². The van der Waals surface area contributed by atoms with E-state index < -0.39 is 0 Å². The number of hydrogen-bond acceptors (Lipinski definition) is 0. The van der Waals surface area contributed by atoms with E-state index in [9.17, 15) is 0 Å². The Morgan fingerprint density at radius 1 is 0.333 bits per heavy atom. The van der Waals surface area contributed by atoms with E-state index in [2.05, 4.69) is 13.8 Å². The molecule has 0 aliphatic heterocycles. The van der Waals surface area contributed by atoms with Crippen molar-refractivity contribution in [2.45, 2.75) is 151 Å². The third-order valence-corrected chi connectivity index (χ3v) is 9.45. The number of rotatable bonds is 22. The molecule has 0 unspecified atom stereocenters. The van der Waals surface area contributed by atoms with Crippen LogP contribution in [0.4, 0.5) is 0 Å². The Hall–Kier alpha value is 1.38. The van der Waals surface area contributed by atoms with Gasteiger partial charge in [-0.05, 0) is 0 Å². The molecule has 0 spiro atoms. The summed E-state index contributed by atoms with van der Waals surface area (Å²) in [6.45, 7) is 4.61. The number of unbranched alkanes of at least 4 members (excludes halogenated alkanes) is 18. The Morgan fingerprint density at radius 3 is 0.815 bits per heavy atom. The predicted molar refractivity (Wildman–Crippen MR) is 134 cm³/mol. The molecule has 0 aromatic rings. The first-order valence-corrected chi connectivity index (χ1v) is 16.2. The van der Waals surface area contributed by atoms with Crippen molar-refractivity contribution in [2.24, 2.45) is 0 Å². The summed E-state index contributed by atoms with van der Waals surface area (Å²) in [6.07, 6.45) is 29.8. The third kappa shape index (κ3) is 32.3. The van der Waals surface area contributed by atoms with Crippen LogP contribution in [-0.2, 0) is 0 Å². The molecule has 0 aliphatic carbocycles. The minimum Gasteiger partial charge on any atom is -0.147 e. The van der Waals surface area contributed by atoms with E-state index in [0.29, 0.717) is 0 Å². The van der Waals surface area contributed by atoms with Crippen molar-refractivity contribution in [1.82, 2.24) is 0 Å². The second-order valence-electron chi connectivity index (χ2n) is 8.11. The minimum absolute atomic E-state index is 0. The summed E-state index contributed by atoms with van der Waals surface area (Å²) in [5.41, 5.74) is 0. The number of halogens is 2. The van der Waals surface area contributed by atoms with Gasteiger partial charge in [0.05, 0.1) is 0 Å². The average Bonchev–Trinajstić information content (AvgIpc) is 2.63. The SMILES string of the molecule is CCCCCCCCCCC[CH2][Sn][CH2]CCCCCCCCCCC.Cl.Cl. The summed E-state index contributed by atoms with van der Waals surface area (Å²) in [4.78, 5) is 0. The summed E-state index contributed by atoms with van der Waals surface area (Å²) < 4.78 is 3.33. The molecular formula is C24H52Cl2Sn. The van der Waals surface area contributed by atoms with Crippen molar-refractivity contribution in [3.05, 3.63) is 0 Å². The quantitative estimate of drug-likeness (QED) is 0.0965. The van der Waals surface area contributed by atoms with Crippen molar-refractivity contribution in [3.8, 4) is 0 Å². The van der Waals surface area contributed by atoms with Gasteiger partial charge < -0.3 is 0 Å². The first-order chi connectivity index (χ1) is 12.4. The Labute approximate surface area is 196 Å². The monoisotopic (exact) mass is 530 g/mol. The molecule has 0 amide bonds. The molecule has 0 saturated carbocycles. The second-order valence-corrected chi connectivity index (χ2v) is 12.4. The van der Waals surface area contributed by atoms with E-state index >= 15 is 0 Å². The van der Waals surface area contributed by atoms with Crippen LogP contribution in [0, 0.1) is 0 Å². The molecule has 0 saturated heterocycles. The van der Waals surface area contributed by atoms with Gasteiger partial charge in [-0.25, -0.2) is 0 Å². The van der Waals surface area contributed by atoms with Crippen LogP contribution in [-0.4, -0.2) is 21.1 Å². The first kappa shape index (κ1) is 33.0. The van der Waals surface area contributed by atoms with Crippen LogP contribution in [0.2, 0.25) is 8.87 Å². The smallest absolute Gasteiger partial charge is 0.147 e. The van der Waals surface area contributed by atoms with Gasteiger partial charge in [-0.3, -0.25) is 0 Å². The zero-order valence-corrected chi connectivity index (χ0v) is 23.4. The van der Waals surface area contributed by atoms with Crippen LogP contribution in [0.15, 0.2) is 0 Å². The van der Waals surface area contributed by atoms with Gasteiger partial charge in [0, 0.05) is 0 Å². The summed E-state index contributed by atoms with van der Waals surface area (Å²) in [5.74, 6) is 0. The first-order valence-electron chi connectivity index (χ1n) is 12.1. The summed E-state index contributed by atoms with van der Waals surface area (Å²) in [5, 5.41) is 0. The van der Waals surface area contributed by atoms with Gasteiger partial charge >= 0.3 is 172 Å². The molecule has 0 rings (SSSR count). The van der Waals surface area contributed by atoms with Crippen LogP contribution in [0.25, 0.3) is 0 Å². The van der Waals surface area contributed by atoms with Gasteiger partial charge in [0.2, 0.25) is 0 Å². The maximum absolute atomic E-state index is 2.31. The Kier molecular flexibility index (Phi) is 39.2. The van der Waals surface area contributed by atoms with Crippen LogP contribution in [0.5, 0.6) is 0 Å². The fraction of sp³-hybridized carbons (Fsp3) is 1.00. The van der Waals surface area contributed by atoms with E-state index in [1.165, 1.54) is 116 Å². The molecular weight excluding hydrogens is 478 g/mol. The molecule has 0 fully saturated rings. The van der Waals surface area contributed by atoms with Crippen molar-refractivity contribution in [1.29, 1.82) is 0 Å². The third-order valence-electron chi connectivity index (χ3n) is 5.41. The van der Waals surface area contributed by atoms with Crippen molar-refractivity contribution < 1.29 is 0 Å². The topological polar surface area (TPSA) is 0 Å². The molecule has 0 atom stereocenters. The molecule has 166 valence electrons. The van der Waals surface area contributed by atoms with Crippen LogP contribution in [0.3, 0.4) is 0 Å². The molecule has 0 nitrogen and oxygen atoms in total. The zero-order chi connectivity index (χ0) is 18.3. The fourth-order valence-corrected chi connectivity index (χ4v) is 7.17. The average molecular weight is 530 g/mol. The van der Waals surface area contributed by atoms with Gasteiger partial charge in [-0.2, -0.15) is 0 Å². The van der Waals surface area contributed by atoms with E-state index in [4.69, 9.17) is 0 Å². The Morgan fingerprint density at radius 2 is 0.556 bits per heavy atom. The fourth-order valence-electron chi connectivity index (χ4n) is 3.60. The van der Waals surface area contributed by atoms with Gasteiger partial charge in [-0.15, -0.1) is 24.8 Å². The number of hydrogen-bond donors (Lipinski definition) is 0. The van der Waals surface area contributed by atoms with Crippen LogP contribution >= 0.6 is 24.8 Å². The van der Waals surface area contributed by atoms with Crippen LogP contribution < -0.4 is 0 Å². The molecule has 2 radical (unpaired) electrons. The molecule has 0 bridgehead atoms. The maximum atomic E-state index is 2.31. The van der Waals surface area contributed by atoms with E-state index in [0.717, 1.165) is 0 Å². The molecule has 0 heterocycles. The van der Waals surface area contributed by atoms with E-state index in [1.807, 2.05) is 0 Å².